The molecule has 0 aliphatic carbocycles. The largest absolute Gasteiger partial charge is 0.356 e. The van der Waals surface area contributed by atoms with E-state index in [0.717, 1.165) is 26.1 Å². The van der Waals surface area contributed by atoms with Crippen molar-refractivity contribution in [3.63, 3.8) is 0 Å². The number of nitrogens with one attached hydrogen (secondary N) is 2. The fourth-order valence-corrected chi connectivity index (χ4v) is 1.19. The van der Waals surface area contributed by atoms with E-state index in [4.69, 9.17) is 0 Å². The first-order valence-corrected chi connectivity index (χ1v) is 5.67. The highest BCUT2D eigenvalue weighted by molar-refractivity contribution is 5.75. The van der Waals surface area contributed by atoms with E-state index in [1.54, 1.807) is 0 Å². The minimum absolute atomic E-state index is 0.141. The molecule has 0 rings (SSSR count). The molecule has 0 aromatic heterocycles. The second kappa shape index (κ2) is 8.68. The van der Waals surface area contributed by atoms with Gasteiger partial charge in [-0.25, -0.2) is 0 Å². The highest BCUT2D eigenvalue weighted by atomic mass is 16.1. The summed E-state index contributed by atoms with van der Waals surface area (Å²) in [5.74, 6) is 0.141. The fraction of sp³-hybridized carbons (Fsp3) is 0.909. The van der Waals surface area contributed by atoms with Gasteiger partial charge in [-0.3, -0.25) is 4.79 Å². The number of carbonyl (C=O) groups excluding carboxylic acids is 1. The Kier molecular flexibility index (Phi) is 8.33. The van der Waals surface area contributed by atoms with Crippen LogP contribution in [0, 0.1) is 0 Å². The molecule has 0 aromatic rings. The summed E-state index contributed by atoms with van der Waals surface area (Å²) in [6, 6.07) is 0.451. The van der Waals surface area contributed by atoms with Gasteiger partial charge in [0.25, 0.3) is 0 Å². The summed E-state index contributed by atoms with van der Waals surface area (Å²) < 4.78 is 0. The number of carbonyl (C=O) groups is 1. The average molecular weight is 215 g/mol. The minimum atomic E-state index is 0.141. The second-order valence-electron chi connectivity index (χ2n) is 4.37. The van der Waals surface area contributed by atoms with E-state index in [0.29, 0.717) is 12.5 Å². The lowest BCUT2D eigenvalue weighted by atomic mass is 10.3. The number of rotatable bonds is 8. The average Bonchev–Trinajstić information content (AvgIpc) is 2.11. The van der Waals surface area contributed by atoms with Crippen molar-refractivity contribution in [2.45, 2.75) is 32.7 Å². The van der Waals surface area contributed by atoms with Gasteiger partial charge in [0.05, 0.1) is 0 Å². The summed E-state index contributed by atoms with van der Waals surface area (Å²) in [7, 11) is 4.07. The zero-order valence-corrected chi connectivity index (χ0v) is 10.5. The summed E-state index contributed by atoms with van der Waals surface area (Å²) in [6.45, 7) is 6.71. The van der Waals surface area contributed by atoms with Gasteiger partial charge in [0.15, 0.2) is 0 Å². The van der Waals surface area contributed by atoms with E-state index in [-0.39, 0.29) is 5.91 Å². The molecule has 0 heterocycles. The van der Waals surface area contributed by atoms with Crippen molar-refractivity contribution >= 4 is 5.91 Å². The molecular formula is C11H25N3O. The molecule has 4 heteroatoms. The summed E-state index contributed by atoms with van der Waals surface area (Å²) in [4.78, 5) is 13.4. The van der Waals surface area contributed by atoms with Crippen LogP contribution in [0.3, 0.4) is 0 Å². The monoisotopic (exact) mass is 215 g/mol. The number of nitrogens with zero attached hydrogens (tertiary/aromatic N) is 1. The second-order valence-corrected chi connectivity index (χ2v) is 4.37. The Bertz CT molecular complexity index is 169. The van der Waals surface area contributed by atoms with E-state index in [1.165, 1.54) is 0 Å². The van der Waals surface area contributed by atoms with Gasteiger partial charge in [0, 0.05) is 25.6 Å². The lowest BCUT2D eigenvalue weighted by molar-refractivity contribution is -0.121. The Morgan fingerprint density at radius 1 is 1.27 bits per heavy atom. The van der Waals surface area contributed by atoms with Crippen molar-refractivity contribution in [2.24, 2.45) is 0 Å². The maximum atomic E-state index is 11.3. The summed E-state index contributed by atoms with van der Waals surface area (Å²) in [6.07, 6.45) is 1.58. The van der Waals surface area contributed by atoms with E-state index < -0.39 is 0 Å². The Hall–Kier alpha value is -0.610. The molecule has 0 aliphatic heterocycles. The topological polar surface area (TPSA) is 44.4 Å². The highest BCUT2D eigenvalue weighted by Crippen LogP contribution is 1.84. The van der Waals surface area contributed by atoms with Gasteiger partial charge in [-0.15, -0.1) is 0 Å². The Balaban J connectivity index is 3.26. The molecule has 0 aliphatic rings. The Morgan fingerprint density at radius 3 is 2.47 bits per heavy atom. The minimum Gasteiger partial charge on any atom is -0.356 e. The van der Waals surface area contributed by atoms with Crippen LogP contribution in [0.1, 0.15) is 26.7 Å². The van der Waals surface area contributed by atoms with Crippen molar-refractivity contribution in [3.05, 3.63) is 0 Å². The lowest BCUT2D eigenvalue weighted by Gasteiger charge is -2.10. The van der Waals surface area contributed by atoms with Crippen LogP contribution < -0.4 is 10.6 Å². The molecule has 0 spiro atoms. The van der Waals surface area contributed by atoms with Gasteiger partial charge in [-0.05, 0) is 27.1 Å². The number of hydrogen-bond acceptors (Lipinski definition) is 3. The predicted molar refractivity (Wildman–Crippen MR) is 63.9 cm³/mol. The molecular weight excluding hydrogens is 190 g/mol. The number of amides is 1. The van der Waals surface area contributed by atoms with E-state index >= 15 is 0 Å². The van der Waals surface area contributed by atoms with Gasteiger partial charge in [0.1, 0.15) is 0 Å². The zero-order chi connectivity index (χ0) is 11.7. The Labute approximate surface area is 93.4 Å². The third kappa shape index (κ3) is 11.3. The van der Waals surface area contributed by atoms with Crippen molar-refractivity contribution in [1.82, 2.24) is 15.5 Å². The standard InChI is InChI=1S/C11H25N3O/c1-10(2)12-8-6-11(15)13-7-5-9-14(3)4/h10,12H,5-9H2,1-4H3,(H,13,15). The first-order chi connectivity index (χ1) is 7.02. The van der Waals surface area contributed by atoms with Gasteiger partial charge in [-0.1, -0.05) is 13.8 Å². The van der Waals surface area contributed by atoms with E-state index in [1.807, 2.05) is 14.1 Å². The van der Waals surface area contributed by atoms with E-state index in [9.17, 15) is 4.79 Å². The quantitative estimate of drug-likeness (QED) is 0.578. The molecule has 0 unspecified atom stereocenters. The molecule has 0 fully saturated rings. The Morgan fingerprint density at radius 2 is 1.93 bits per heavy atom. The molecule has 1 amide bonds. The molecule has 0 aromatic carbocycles. The van der Waals surface area contributed by atoms with Crippen molar-refractivity contribution in [1.29, 1.82) is 0 Å². The van der Waals surface area contributed by atoms with Gasteiger partial charge >= 0.3 is 0 Å². The lowest BCUT2D eigenvalue weighted by Crippen LogP contribution is -2.31. The van der Waals surface area contributed by atoms with Crippen LogP contribution in [-0.2, 0) is 4.79 Å². The van der Waals surface area contributed by atoms with Crippen molar-refractivity contribution < 1.29 is 4.79 Å². The summed E-state index contributed by atoms with van der Waals surface area (Å²) >= 11 is 0. The molecule has 2 N–H and O–H groups in total. The number of hydrogen-bond donors (Lipinski definition) is 2. The molecule has 15 heavy (non-hydrogen) atoms. The van der Waals surface area contributed by atoms with Crippen LogP contribution in [0.25, 0.3) is 0 Å². The molecule has 0 saturated heterocycles. The summed E-state index contributed by atoms with van der Waals surface area (Å²) in [5, 5.41) is 6.12. The highest BCUT2D eigenvalue weighted by Gasteiger charge is 2.00. The van der Waals surface area contributed by atoms with Crippen LogP contribution in [0.4, 0.5) is 0 Å². The first kappa shape index (κ1) is 14.4. The van der Waals surface area contributed by atoms with Crippen LogP contribution in [0.5, 0.6) is 0 Å². The third-order valence-electron chi connectivity index (χ3n) is 2.01. The van der Waals surface area contributed by atoms with Crippen LogP contribution in [0.2, 0.25) is 0 Å². The van der Waals surface area contributed by atoms with Gasteiger partial charge < -0.3 is 15.5 Å². The van der Waals surface area contributed by atoms with Gasteiger partial charge in [0.2, 0.25) is 5.91 Å². The molecule has 90 valence electrons. The normalized spacial score (nSPS) is 11.1. The maximum Gasteiger partial charge on any atom is 0.221 e. The van der Waals surface area contributed by atoms with Crippen molar-refractivity contribution in [3.8, 4) is 0 Å². The maximum absolute atomic E-state index is 11.3. The third-order valence-corrected chi connectivity index (χ3v) is 2.01. The molecule has 0 bridgehead atoms. The summed E-state index contributed by atoms with van der Waals surface area (Å²) in [5.41, 5.74) is 0. The molecule has 0 atom stereocenters. The predicted octanol–water partition coefficient (Wildman–Crippen LogP) is 0.442. The SMILES string of the molecule is CC(C)NCCC(=O)NCCCN(C)C. The first-order valence-electron chi connectivity index (χ1n) is 5.67. The van der Waals surface area contributed by atoms with Crippen LogP contribution in [-0.4, -0.2) is 50.6 Å². The van der Waals surface area contributed by atoms with Crippen LogP contribution >= 0.6 is 0 Å². The molecule has 4 nitrogen and oxygen atoms in total. The van der Waals surface area contributed by atoms with Gasteiger partial charge in [-0.2, -0.15) is 0 Å². The van der Waals surface area contributed by atoms with E-state index in [2.05, 4.69) is 29.4 Å². The fourth-order valence-electron chi connectivity index (χ4n) is 1.19. The zero-order valence-electron chi connectivity index (χ0n) is 10.5. The molecule has 0 saturated carbocycles. The molecule has 0 radical (unpaired) electrons. The smallest absolute Gasteiger partial charge is 0.221 e. The van der Waals surface area contributed by atoms with Crippen molar-refractivity contribution in [2.75, 3.05) is 33.7 Å². The van der Waals surface area contributed by atoms with Crippen LogP contribution in [0.15, 0.2) is 0 Å².